The van der Waals surface area contributed by atoms with Crippen LogP contribution >= 0.6 is 15.6 Å². The minimum atomic E-state index is -4.99. The summed E-state index contributed by atoms with van der Waals surface area (Å²) in [5, 5.41) is 10.6. The Bertz CT molecular complexity index is 2270. The summed E-state index contributed by atoms with van der Waals surface area (Å²) < 4.78 is 68.5. The van der Waals surface area contributed by atoms with Crippen LogP contribution < -0.4 is 0 Å². The van der Waals surface area contributed by atoms with Crippen LogP contribution in [0.1, 0.15) is 336 Å². The molecule has 0 aromatic heterocycles. The van der Waals surface area contributed by atoms with Crippen molar-refractivity contribution in [3.05, 3.63) is 97.2 Å². The molecule has 0 fully saturated rings. The zero-order chi connectivity index (χ0) is 73.2. The lowest BCUT2D eigenvalue weighted by atomic mass is 10.0. The van der Waals surface area contributed by atoms with Crippen molar-refractivity contribution in [1.29, 1.82) is 0 Å². The molecule has 0 saturated heterocycles. The number of carbonyl (C=O) groups excluding carboxylic acids is 4. The third-order valence-electron chi connectivity index (χ3n) is 16.5. The van der Waals surface area contributed by atoms with E-state index in [9.17, 15) is 43.2 Å². The van der Waals surface area contributed by atoms with Crippen LogP contribution in [0.5, 0.6) is 0 Å². The molecule has 0 aromatic rings. The van der Waals surface area contributed by atoms with Crippen molar-refractivity contribution in [1.82, 2.24) is 0 Å². The second kappa shape index (κ2) is 73.3. The van der Waals surface area contributed by atoms with Gasteiger partial charge in [-0.05, 0) is 128 Å². The van der Waals surface area contributed by atoms with E-state index in [0.29, 0.717) is 25.7 Å². The van der Waals surface area contributed by atoms with Crippen molar-refractivity contribution in [2.75, 3.05) is 39.6 Å². The highest BCUT2D eigenvalue weighted by molar-refractivity contribution is 7.47. The number of esters is 4. The van der Waals surface area contributed by atoms with E-state index in [0.717, 1.165) is 161 Å². The van der Waals surface area contributed by atoms with Gasteiger partial charge in [0.25, 0.3) is 0 Å². The van der Waals surface area contributed by atoms with Crippen LogP contribution in [-0.4, -0.2) is 96.7 Å². The number of carbonyl (C=O) groups is 4. The number of allylic oxidation sites excluding steroid dienone is 16. The van der Waals surface area contributed by atoms with Gasteiger partial charge in [0.2, 0.25) is 0 Å². The Hall–Kier alpha value is -4.02. The predicted octanol–water partition coefficient (Wildman–Crippen LogP) is 22.8. The van der Waals surface area contributed by atoms with Crippen LogP contribution in [0.3, 0.4) is 0 Å². The van der Waals surface area contributed by atoms with E-state index in [-0.39, 0.29) is 25.7 Å². The number of phosphoric acid groups is 2. The van der Waals surface area contributed by atoms with Crippen LogP contribution in [0.4, 0.5) is 0 Å². The number of rotatable bonds is 74. The molecule has 0 bridgehead atoms. The van der Waals surface area contributed by atoms with E-state index in [1.165, 1.54) is 96.3 Å². The van der Waals surface area contributed by atoms with E-state index in [2.05, 4.69) is 125 Å². The Morgan fingerprint density at radius 3 is 0.850 bits per heavy atom. The summed E-state index contributed by atoms with van der Waals surface area (Å²) in [6, 6.07) is 0. The second-order valence-corrected chi connectivity index (χ2v) is 29.2. The number of hydrogen-bond donors (Lipinski definition) is 3. The number of ether oxygens (including phenoxy) is 4. The lowest BCUT2D eigenvalue weighted by Gasteiger charge is -2.21. The summed E-state index contributed by atoms with van der Waals surface area (Å²) in [6.07, 6.45) is 76.7. The second-order valence-electron chi connectivity index (χ2n) is 26.3. The monoisotopic (exact) mass is 1450 g/mol. The van der Waals surface area contributed by atoms with Crippen molar-refractivity contribution < 1.29 is 80.2 Å². The van der Waals surface area contributed by atoms with Gasteiger partial charge in [0.1, 0.15) is 19.3 Å². The summed E-state index contributed by atoms with van der Waals surface area (Å²) in [5.74, 6) is -2.22. The van der Waals surface area contributed by atoms with Crippen LogP contribution in [0.15, 0.2) is 97.2 Å². The minimum Gasteiger partial charge on any atom is -0.462 e. The maximum atomic E-state index is 13.1. The molecular formula is C81H142O17P2. The molecule has 3 N–H and O–H groups in total. The summed E-state index contributed by atoms with van der Waals surface area (Å²) in [6.45, 7) is 4.69. The quantitative estimate of drug-likeness (QED) is 0.0169. The van der Waals surface area contributed by atoms with Crippen LogP contribution in [0.2, 0.25) is 0 Å². The zero-order valence-electron chi connectivity index (χ0n) is 63.1. The standard InChI is InChI=1S/C81H142O17P2/c1-5-9-13-17-21-25-29-33-35-36-37-38-40-43-46-50-54-58-62-66-79(84)92-72-77(98-81(86)68-64-60-56-52-48-44-39-34-30-26-22-18-14-10-6-2)74-96-100(89,90)94-70-75(82)69-93-99(87,88)95-73-76(97-80(85)67-63-59-55-51-47-42-32-28-24-20-16-12-8-4)71-91-78(83)65-61-57-53-49-45-41-31-27-23-19-15-11-7-3/h9,13,21-22,25-27,31,33-35,37-39,43,46,75-77,82H,5-8,10-12,14-20,23-24,28-30,32,36,40-42,44-45,47-74H2,1-4H3,(H,87,88)(H,89,90)/b13-9-,25-21-,26-22-,31-27-,35-33-,38-37-,39-34-,46-43-. The summed E-state index contributed by atoms with van der Waals surface area (Å²) in [7, 11) is -9.96. The molecule has 0 aliphatic heterocycles. The topological polar surface area (TPSA) is 237 Å². The number of phosphoric ester groups is 2. The summed E-state index contributed by atoms with van der Waals surface area (Å²) in [5.41, 5.74) is 0. The molecule has 5 unspecified atom stereocenters. The molecule has 19 heteroatoms. The van der Waals surface area contributed by atoms with Gasteiger partial charge >= 0.3 is 39.5 Å². The zero-order valence-corrected chi connectivity index (χ0v) is 64.9. The van der Waals surface area contributed by atoms with Gasteiger partial charge in [-0.3, -0.25) is 37.3 Å². The van der Waals surface area contributed by atoms with Crippen molar-refractivity contribution >= 4 is 39.5 Å². The summed E-state index contributed by atoms with van der Waals surface area (Å²) >= 11 is 0. The molecule has 0 rings (SSSR count). The molecule has 17 nitrogen and oxygen atoms in total. The van der Waals surface area contributed by atoms with E-state index >= 15 is 0 Å². The highest BCUT2D eigenvalue weighted by Gasteiger charge is 2.30. The molecule has 0 aliphatic rings. The Morgan fingerprint density at radius 2 is 0.520 bits per heavy atom. The highest BCUT2D eigenvalue weighted by atomic mass is 31.2. The smallest absolute Gasteiger partial charge is 0.462 e. The lowest BCUT2D eigenvalue weighted by molar-refractivity contribution is -0.161. The maximum Gasteiger partial charge on any atom is 0.472 e. The maximum absolute atomic E-state index is 13.1. The lowest BCUT2D eigenvalue weighted by Crippen LogP contribution is -2.30. The fourth-order valence-corrected chi connectivity index (χ4v) is 12.1. The molecule has 0 heterocycles. The van der Waals surface area contributed by atoms with E-state index in [1.54, 1.807) is 0 Å². The molecular weight excluding hydrogens is 1310 g/mol. The molecule has 0 spiro atoms. The third kappa shape index (κ3) is 72.3. The Balaban J connectivity index is 5.38. The van der Waals surface area contributed by atoms with Gasteiger partial charge in [0.15, 0.2) is 12.2 Å². The van der Waals surface area contributed by atoms with Crippen molar-refractivity contribution in [3.8, 4) is 0 Å². The molecule has 0 aromatic carbocycles. The first-order valence-electron chi connectivity index (χ1n) is 39.5. The number of aliphatic hydroxyl groups is 1. The Labute approximate surface area is 607 Å². The molecule has 0 saturated carbocycles. The third-order valence-corrected chi connectivity index (χ3v) is 18.4. The van der Waals surface area contributed by atoms with Gasteiger partial charge in [0.05, 0.1) is 26.4 Å². The summed E-state index contributed by atoms with van der Waals surface area (Å²) in [4.78, 5) is 72.9. The van der Waals surface area contributed by atoms with Gasteiger partial charge < -0.3 is 33.8 Å². The van der Waals surface area contributed by atoms with Crippen LogP contribution in [0, 0.1) is 0 Å². The molecule has 5 atom stereocenters. The average molecular weight is 1450 g/mol. The number of aliphatic hydroxyl groups excluding tert-OH is 1. The molecule has 100 heavy (non-hydrogen) atoms. The molecule has 0 aliphatic carbocycles. The first-order chi connectivity index (χ1) is 48.7. The van der Waals surface area contributed by atoms with Gasteiger partial charge in [-0.2, -0.15) is 0 Å². The largest absolute Gasteiger partial charge is 0.472 e. The first-order valence-corrected chi connectivity index (χ1v) is 42.5. The molecule has 0 amide bonds. The normalized spacial score (nSPS) is 14.4. The molecule has 0 radical (unpaired) electrons. The fraction of sp³-hybridized carbons (Fsp3) is 0.753. The number of hydrogen-bond acceptors (Lipinski definition) is 15. The minimum absolute atomic E-state index is 0.0712. The Morgan fingerprint density at radius 1 is 0.290 bits per heavy atom. The van der Waals surface area contributed by atoms with Gasteiger partial charge in [-0.15, -0.1) is 0 Å². The van der Waals surface area contributed by atoms with Gasteiger partial charge in [-0.25, -0.2) is 9.13 Å². The highest BCUT2D eigenvalue weighted by Crippen LogP contribution is 2.45. The van der Waals surface area contributed by atoms with Crippen molar-refractivity contribution in [2.24, 2.45) is 0 Å². The average Bonchev–Trinajstić information content (AvgIpc) is 0.946. The van der Waals surface area contributed by atoms with Crippen LogP contribution in [-0.2, 0) is 65.4 Å². The van der Waals surface area contributed by atoms with Gasteiger partial charge in [-0.1, -0.05) is 279 Å². The fourth-order valence-electron chi connectivity index (χ4n) is 10.5. The predicted molar refractivity (Wildman–Crippen MR) is 409 cm³/mol. The van der Waals surface area contributed by atoms with E-state index in [4.69, 9.17) is 37.0 Å². The SMILES string of the molecule is CC/C=C\C/C=C\C/C=C\C/C=C\C/C=C\CCCCCC(=O)OCC(COP(=O)(O)OCC(O)COP(=O)(O)OCC(COC(=O)CCCCCCC/C=C\CCCCCC)OC(=O)CCCCCCCCCCCCCCC)OC(=O)CCCCCCC/C=C\C/C=C\CCCCC. The van der Waals surface area contributed by atoms with E-state index < -0.39 is 97.5 Å². The van der Waals surface area contributed by atoms with Gasteiger partial charge in [0, 0.05) is 25.7 Å². The Kier molecular flexibility index (Phi) is 70.4. The van der Waals surface area contributed by atoms with Crippen LogP contribution in [0.25, 0.3) is 0 Å². The van der Waals surface area contributed by atoms with Crippen molar-refractivity contribution in [2.45, 2.75) is 354 Å². The number of unbranched alkanes of at least 4 members (excludes halogenated alkanes) is 32. The molecule has 578 valence electrons. The van der Waals surface area contributed by atoms with E-state index in [1.807, 2.05) is 0 Å². The first kappa shape index (κ1) is 96.0. The van der Waals surface area contributed by atoms with Crippen molar-refractivity contribution in [3.63, 3.8) is 0 Å².